The van der Waals surface area contributed by atoms with Crippen molar-refractivity contribution in [3.8, 4) is 0 Å². The Balaban J connectivity index is 2.47. The summed E-state index contributed by atoms with van der Waals surface area (Å²) in [5, 5.41) is 2.34. The summed E-state index contributed by atoms with van der Waals surface area (Å²) in [6.07, 6.45) is 0.516. The standard InChI is InChI=1S/C14H13O/c1-10-3-5-14-9-12(8-11(2)15)4-6-13(14)7-10/h3-7,9H,1,8H2,2H3. The molecule has 0 saturated heterocycles. The lowest BCUT2D eigenvalue weighted by molar-refractivity contribution is -0.116. The van der Waals surface area contributed by atoms with E-state index >= 15 is 0 Å². The average molecular weight is 197 g/mol. The van der Waals surface area contributed by atoms with E-state index in [1.165, 1.54) is 10.8 Å². The van der Waals surface area contributed by atoms with Gasteiger partial charge in [-0.15, -0.1) is 0 Å². The van der Waals surface area contributed by atoms with E-state index in [0.29, 0.717) is 6.42 Å². The first-order valence-corrected chi connectivity index (χ1v) is 4.99. The maximum atomic E-state index is 11.0. The second-order valence-corrected chi connectivity index (χ2v) is 3.89. The Hall–Kier alpha value is -1.63. The highest BCUT2D eigenvalue weighted by molar-refractivity contribution is 5.86. The van der Waals surface area contributed by atoms with Gasteiger partial charge in [0.05, 0.1) is 0 Å². The lowest BCUT2D eigenvalue weighted by atomic mass is 10.0. The van der Waals surface area contributed by atoms with Gasteiger partial charge in [-0.3, -0.25) is 4.79 Å². The van der Waals surface area contributed by atoms with Crippen molar-refractivity contribution in [1.82, 2.24) is 0 Å². The molecule has 0 spiro atoms. The van der Waals surface area contributed by atoms with Crippen LogP contribution in [0, 0.1) is 6.92 Å². The Labute approximate surface area is 89.7 Å². The maximum absolute atomic E-state index is 11.0. The minimum absolute atomic E-state index is 0.197. The monoisotopic (exact) mass is 197 g/mol. The Morgan fingerprint density at radius 2 is 1.80 bits per heavy atom. The molecule has 0 unspecified atom stereocenters. The van der Waals surface area contributed by atoms with E-state index in [-0.39, 0.29) is 5.78 Å². The molecule has 1 heteroatoms. The number of rotatable bonds is 2. The van der Waals surface area contributed by atoms with Crippen molar-refractivity contribution < 1.29 is 4.79 Å². The van der Waals surface area contributed by atoms with E-state index in [0.717, 1.165) is 11.1 Å². The third kappa shape index (κ3) is 2.24. The molecule has 0 N–H and O–H groups in total. The first-order valence-electron chi connectivity index (χ1n) is 4.99. The minimum atomic E-state index is 0.197. The normalized spacial score (nSPS) is 10.5. The molecule has 0 aromatic heterocycles. The van der Waals surface area contributed by atoms with Crippen LogP contribution in [0.3, 0.4) is 0 Å². The Bertz CT molecular complexity index is 512. The molecule has 0 aliphatic rings. The Morgan fingerprint density at radius 3 is 2.53 bits per heavy atom. The molecule has 75 valence electrons. The minimum Gasteiger partial charge on any atom is -0.300 e. The fourth-order valence-corrected chi connectivity index (χ4v) is 1.74. The van der Waals surface area contributed by atoms with E-state index in [2.05, 4.69) is 13.0 Å². The highest BCUT2D eigenvalue weighted by Crippen LogP contribution is 2.18. The predicted molar refractivity (Wildman–Crippen MR) is 62.8 cm³/mol. The molecule has 0 aliphatic carbocycles. The molecular weight excluding hydrogens is 184 g/mol. The van der Waals surface area contributed by atoms with Crippen LogP contribution in [0.15, 0.2) is 36.4 Å². The van der Waals surface area contributed by atoms with Gasteiger partial charge >= 0.3 is 0 Å². The van der Waals surface area contributed by atoms with Crippen LogP contribution < -0.4 is 0 Å². The highest BCUT2D eigenvalue weighted by Gasteiger charge is 1.99. The van der Waals surface area contributed by atoms with Gasteiger partial charge in [-0.2, -0.15) is 0 Å². The van der Waals surface area contributed by atoms with E-state index in [1.54, 1.807) is 6.92 Å². The van der Waals surface area contributed by atoms with Crippen molar-refractivity contribution in [3.63, 3.8) is 0 Å². The van der Waals surface area contributed by atoms with Gasteiger partial charge in [0, 0.05) is 6.42 Å². The van der Waals surface area contributed by atoms with Gasteiger partial charge in [0.2, 0.25) is 0 Å². The number of fused-ring (bicyclic) bond motifs is 1. The van der Waals surface area contributed by atoms with Gasteiger partial charge < -0.3 is 0 Å². The highest BCUT2D eigenvalue weighted by atomic mass is 16.1. The van der Waals surface area contributed by atoms with Crippen LogP contribution in [-0.2, 0) is 11.2 Å². The number of carbonyl (C=O) groups excluding carboxylic acids is 1. The third-order valence-corrected chi connectivity index (χ3v) is 2.42. The van der Waals surface area contributed by atoms with Gasteiger partial charge in [0.25, 0.3) is 0 Å². The number of carbonyl (C=O) groups is 1. The van der Waals surface area contributed by atoms with Crippen LogP contribution >= 0.6 is 0 Å². The van der Waals surface area contributed by atoms with E-state index in [4.69, 9.17) is 0 Å². The molecule has 0 aliphatic heterocycles. The zero-order chi connectivity index (χ0) is 10.8. The first kappa shape index (κ1) is 9.91. The molecule has 0 atom stereocenters. The Kier molecular flexibility index (Phi) is 2.55. The summed E-state index contributed by atoms with van der Waals surface area (Å²) in [4.78, 5) is 11.0. The molecule has 0 bridgehead atoms. The summed E-state index contributed by atoms with van der Waals surface area (Å²) in [6, 6.07) is 12.2. The van der Waals surface area contributed by atoms with Crippen molar-refractivity contribution in [2.45, 2.75) is 13.3 Å². The van der Waals surface area contributed by atoms with Crippen molar-refractivity contribution >= 4 is 16.6 Å². The molecular formula is C14H13O. The van der Waals surface area contributed by atoms with Crippen LogP contribution in [0.1, 0.15) is 18.1 Å². The van der Waals surface area contributed by atoms with Crippen LogP contribution in [0.4, 0.5) is 0 Å². The first-order chi connectivity index (χ1) is 7.15. The number of ketones is 1. The molecule has 0 heterocycles. The van der Waals surface area contributed by atoms with Gasteiger partial charge in [0.15, 0.2) is 0 Å². The van der Waals surface area contributed by atoms with Gasteiger partial charge in [-0.25, -0.2) is 0 Å². The van der Waals surface area contributed by atoms with Gasteiger partial charge in [-0.1, -0.05) is 36.4 Å². The lowest BCUT2D eigenvalue weighted by Crippen LogP contribution is -1.95. The summed E-state index contributed by atoms with van der Waals surface area (Å²) >= 11 is 0. The smallest absolute Gasteiger partial charge is 0.134 e. The maximum Gasteiger partial charge on any atom is 0.134 e. The zero-order valence-electron chi connectivity index (χ0n) is 8.79. The van der Waals surface area contributed by atoms with Crippen molar-refractivity contribution in [2.24, 2.45) is 0 Å². The SMILES string of the molecule is [CH2]c1ccc2cc(CC(C)=O)ccc2c1. The van der Waals surface area contributed by atoms with Crippen molar-refractivity contribution in [3.05, 3.63) is 54.4 Å². The molecule has 0 saturated carbocycles. The lowest BCUT2D eigenvalue weighted by Gasteiger charge is -2.02. The molecule has 2 rings (SSSR count). The third-order valence-electron chi connectivity index (χ3n) is 2.42. The molecule has 1 radical (unpaired) electrons. The summed E-state index contributed by atoms with van der Waals surface area (Å²) < 4.78 is 0. The quantitative estimate of drug-likeness (QED) is 0.722. The van der Waals surface area contributed by atoms with Gasteiger partial charge in [-0.05, 0) is 35.7 Å². The van der Waals surface area contributed by atoms with Crippen molar-refractivity contribution in [2.75, 3.05) is 0 Å². The summed E-state index contributed by atoms with van der Waals surface area (Å²) in [7, 11) is 0. The topological polar surface area (TPSA) is 17.1 Å². The number of benzene rings is 2. The summed E-state index contributed by atoms with van der Waals surface area (Å²) in [6.45, 7) is 5.50. The van der Waals surface area contributed by atoms with Crippen LogP contribution in [0.25, 0.3) is 10.8 Å². The molecule has 2 aromatic carbocycles. The summed E-state index contributed by atoms with van der Waals surface area (Å²) in [5.41, 5.74) is 2.09. The van der Waals surface area contributed by atoms with Crippen molar-refractivity contribution in [1.29, 1.82) is 0 Å². The summed E-state index contributed by atoms with van der Waals surface area (Å²) in [5.74, 6) is 0.197. The Morgan fingerprint density at radius 1 is 1.13 bits per heavy atom. The fraction of sp³-hybridized carbons (Fsp3) is 0.143. The second-order valence-electron chi connectivity index (χ2n) is 3.89. The molecule has 15 heavy (non-hydrogen) atoms. The number of hydrogen-bond acceptors (Lipinski definition) is 1. The largest absolute Gasteiger partial charge is 0.300 e. The van der Waals surface area contributed by atoms with Crippen LogP contribution in [-0.4, -0.2) is 5.78 Å². The van der Waals surface area contributed by atoms with E-state index < -0.39 is 0 Å². The molecule has 0 amide bonds. The zero-order valence-corrected chi connectivity index (χ0v) is 8.79. The van der Waals surface area contributed by atoms with Gasteiger partial charge in [0.1, 0.15) is 5.78 Å². The molecule has 2 aromatic rings. The predicted octanol–water partition coefficient (Wildman–Crippen LogP) is 3.15. The number of Topliss-reactive ketones (excluding diaryl/α,β-unsaturated/α-hetero) is 1. The second kappa shape index (κ2) is 3.85. The van der Waals surface area contributed by atoms with Crippen LogP contribution in [0.5, 0.6) is 0 Å². The van der Waals surface area contributed by atoms with E-state index in [1.807, 2.05) is 30.3 Å². The van der Waals surface area contributed by atoms with Crippen LogP contribution in [0.2, 0.25) is 0 Å². The number of hydrogen-bond donors (Lipinski definition) is 0. The molecule has 0 fully saturated rings. The average Bonchev–Trinajstić information content (AvgIpc) is 2.17. The molecule has 1 nitrogen and oxygen atoms in total. The fourth-order valence-electron chi connectivity index (χ4n) is 1.74. The van der Waals surface area contributed by atoms with E-state index in [9.17, 15) is 4.79 Å².